The largest absolute Gasteiger partial charge is 0.392 e. The number of methoxy groups -OCH3 is 4. The summed E-state index contributed by atoms with van der Waals surface area (Å²) >= 11 is 0. The molecule has 10 nitrogen and oxygen atoms in total. The maximum absolute atomic E-state index is 12.6. The van der Waals surface area contributed by atoms with Crippen LogP contribution in [0.25, 0.3) is 0 Å². The van der Waals surface area contributed by atoms with Gasteiger partial charge in [0.05, 0.1) is 31.0 Å². The summed E-state index contributed by atoms with van der Waals surface area (Å²) in [5.74, 6) is -2.04. The average Bonchev–Trinajstić information content (AvgIpc) is 3.19. The molecule has 1 aliphatic heterocycles. The van der Waals surface area contributed by atoms with Gasteiger partial charge in [0.15, 0.2) is 0 Å². The van der Waals surface area contributed by atoms with Crippen molar-refractivity contribution in [1.29, 1.82) is 0 Å². The van der Waals surface area contributed by atoms with E-state index in [1.54, 1.807) is 21.3 Å². The van der Waals surface area contributed by atoms with Crippen LogP contribution in [0.5, 0.6) is 0 Å². The first-order valence-electron chi connectivity index (χ1n) is 12.9. The van der Waals surface area contributed by atoms with E-state index < -0.39 is 76.4 Å². The van der Waals surface area contributed by atoms with Crippen LogP contribution in [0.3, 0.4) is 0 Å². The molecule has 5 N–H and O–H groups in total. The highest BCUT2D eigenvalue weighted by atomic mass is 16.5. The van der Waals surface area contributed by atoms with E-state index in [0.29, 0.717) is 26.1 Å². The molecular formula is C25H41NO9. The van der Waals surface area contributed by atoms with Crippen LogP contribution in [0.2, 0.25) is 0 Å². The quantitative estimate of drug-likeness (QED) is 0.285. The number of nitrogens with zero attached hydrogens (tertiary/aromatic N) is 1. The maximum atomic E-state index is 12.6. The molecule has 200 valence electrons. The van der Waals surface area contributed by atoms with E-state index in [9.17, 15) is 25.5 Å². The Morgan fingerprint density at radius 1 is 0.943 bits per heavy atom. The third-order valence-electron chi connectivity index (χ3n) is 11.7. The number of aliphatic hydroxyl groups excluding tert-OH is 3. The molecule has 0 aromatic rings. The summed E-state index contributed by atoms with van der Waals surface area (Å²) in [5, 5.41) is 59.3. The molecule has 1 saturated heterocycles. The Morgan fingerprint density at radius 3 is 2.23 bits per heavy atom. The standard InChI is InChI=1S/C25H41NO9/c1-6-26-9-22(10-32-2)12(27)7-13(33-3)24-11-8-23(30)19(28)14(11)25(31,20(29)21(23)35-5)15(18(24)26)16(34-4)17(22)24/h11-21,27-31H,6-10H2,1-5H3/t11-,12-,13?,14-,15+,16+,17-,18?,19-,20+,21+,22+,23-,24+,25-/m1/s1. The second kappa shape index (κ2) is 7.59. The molecule has 35 heavy (non-hydrogen) atoms. The Balaban J connectivity index is 1.68. The molecule has 0 radical (unpaired) electrons. The lowest BCUT2D eigenvalue weighted by Crippen LogP contribution is -2.81. The highest BCUT2D eigenvalue weighted by molar-refractivity contribution is 5.39. The Hall–Kier alpha value is -0.400. The Labute approximate surface area is 206 Å². The number of hydrogen-bond acceptors (Lipinski definition) is 10. The van der Waals surface area contributed by atoms with Crippen LogP contribution in [0.15, 0.2) is 0 Å². The van der Waals surface area contributed by atoms with Gasteiger partial charge < -0.3 is 44.5 Å². The summed E-state index contributed by atoms with van der Waals surface area (Å²) < 4.78 is 23.7. The number of piperidine rings is 1. The molecule has 2 unspecified atom stereocenters. The lowest BCUT2D eigenvalue weighted by atomic mass is 9.42. The fourth-order valence-corrected chi connectivity index (χ4v) is 11.0. The van der Waals surface area contributed by atoms with Crippen molar-refractivity contribution in [3.63, 3.8) is 0 Å². The zero-order valence-corrected chi connectivity index (χ0v) is 21.2. The number of ether oxygens (including phenoxy) is 4. The topological polar surface area (TPSA) is 141 Å². The number of hydrogen-bond donors (Lipinski definition) is 5. The minimum atomic E-state index is -1.76. The van der Waals surface area contributed by atoms with E-state index in [-0.39, 0.29) is 18.4 Å². The fourth-order valence-electron chi connectivity index (χ4n) is 11.0. The van der Waals surface area contributed by atoms with Crippen molar-refractivity contribution in [2.45, 2.75) is 73.6 Å². The van der Waals surface area contributed by atoms with E-state index in [4.69, 9.17) is 18.9 Å². The first-order chi connectivity index (χ1) is 16.6. The number of fused-ring (bicyclic) bond motifs is 2. The normalized spacial score (nSPS) is 62.4. The van der Waals surface area contributed by atoms with Crippen molar-refractivity contribution in [2.24, 2.45) is 34.5 Å². The smallest absolute Gasteiger partial charge is 0.120 e. The summed E-state index contributed by atoms with van der Waals surface area (Å²) in [6, 6.07) is -0.240. The van der Waals surface area contributed by atoms with Crippen molar-refractivity contribution in [3.8, 4) is 0 Å². The Kier molecular flexibility index (Phi) is 5.40. The summed E-state index contributed by atoms with van der Waals surface area (Å²) in [7, 11) is 6.29. The zero-order chi connectivity index (χ0) is 25.3. The SMILES string of the molecule is CCN1C[C@]2(COC)[C@H](O)CC(OC)[C@]34C1[C@H]([C@H](OC)[C@H]23)[C@]1(O)[C@H]2[C@@H](O)[C@](O)(C[C@H]24)[C@@H](OC)[C@@H]1O. The lowest BCUT2D eigenvalue weighted by Gasteiger charge is -2.70. The van der Waals surface area contributed by atoms with Gasteiger partial charge in [0, 0.05) is 76.0 Å². The number of likely N-dealkylation sites (tertiary alicyclic amines) is 1. The number of rotatable bonds is 6. The molecule has 1 spiro atoms. The summed E-state index contributed by atoms with van der Waals surface area (Å²) in [6.45, 7) is 3.58. The maximum Gasteiger partial charge on any atom is 0.120 e. The van der Waals surface area contributed by atoms with Crippen LogP contribution in [-0.2, 0) is 18.9 Å². The Bertz CT molecular complexity index is 878. The minimum absolute atomic E-state index is 0.156. The van der Waals surface area contributed by atoms with Crippen LogP contribution in [-0.4, -0.2) is 132 Å². The van der Waals surface area contributed by atoms with Crippen molar-refractivity contribution in [3.05, 3.63) is 0 Å². The molecule has 0 aromatic heterocycles. The first kappa shape index (κ1) is 24.9. The van der Waals surface area contributed by atoms with Crippen LogP contribution >= 0.6 is 0 Å². The molecule has 7 bridgehead atoms. The van der Waals surface area contributed by atoms with Crippen molar-refractivity contribution >= 4 is 0 Å². The molecule has 0 aromatic carbocycles. The van der Waals surface area contributed by atoms with Crippen molar-refractivity contribution < 1.29 is 44.5 Å². The molecule has 6 aliphatic rings. The van der Waals surface area contributed by atoms with E-state index in [1.165, 1.54) is 7.11 Å². The predicted octanol–water partition coefficient (Wildman–Crippen LogP) is -1.79. The molecule has 0 amide bonds. The summed E-state index contributed by atoms with van der Waals surface area (Å²) in [5.41, 5.74) is -4.81. The molecule has 5 saturated carbocycles. The Morgan fingerprint density at radius 2 is 1.66 bits per heavy atom. The molecule has 6 fully saturated rings. The van der Waals surface area contributed by atoms with Crippen molar-refractivity contribution in [2.75, 3.05) is 48.1 Å². The average molecular weight is 500 g/mol. The van der Waals surface area contributed by atoms with Gasteiger partial charge in [-0.25, -0.2) is 0 Å². The van der Waals surface area contributed by atoms with E-state index in [0.717, 1.165) is 0 Å². The third kappa shape index (κ3) is 2.35. The molecule has 10 heteroatoms. The molecule has 1 heterocycles. The van der Waals surface area contributed by atoms with Gasteiger partial charge in [-0.05, 0) is 18.9 Å². The van der Waals surface area contributed by atoms with Gasteiger partial charge in [0.25, 0.3) is 0 Å². The van der Waals surface area contributed by atoms with Gasteiger partial charge in [0.1, 0.15) is 23.4 Å². The highest BCUT2D eigenvalue weighted by Gasteiger charge is 2.90. The first-order valence-corrected chi connectivity index (χ1v) is 12.9. The van der Waals surface area contributed by atoms with Gasteiger partial charge in [-0.3, -0.25) is 4.90 Å². The van der Waals surface area contributed by atoms with Gasteiger partial charge >= 0.3 is 0 Å². The predicted molar refractivity (Wildman–Crippen MR) is 121 cm³/mol. The molecule has 15 atom stereocenters. The molecular weight excluding hydrogens is 458 g/mol. The van der Waals surface area contributed by atoms with Gasteiger partial charge in [-0.1, -0.05) is 6.92 Å². The zero-order valence-electron chi connectivity index (χ0n) is 21.2. The molecule has 6 rings (SSSR count). The second-order valence-electron chi connectivity index (χ2n) is 12.1. The van der Waals surface area contributed by atoms with E-state index >= 15 is 0 Å². The van der Waals surface area contributed by atoms with Crippen LogP contribution < -0.4 is 0 Å². The van der Waals surface area contributed by atoms with Crippen LogP contribution in [0, 0.1) is 34.5 Å². The van der Waals surface area contributed by atoms with E-state index in [1.807, 2.05) is 0 Å². The van der Waals surface area contributed by atoms with E-state index in [2.05, 4.69) is 11.8 Å². The summed E-state index contributed by atoms with van der Waals surface area (Å²) in [4.78, 5) is 2.29. The minimum Gasteiger partial charge on any atom is -0.392 e. The fraction of sp³-hybridized carbons (Fsp3) is 1.00. The lowest BCUT2D eigenvalue weighted by molar-refractivity contribution is -0.320. The summed E-state index contributed by atoms with van der Waals surface area (Å²) in [6.07, 6.45) is -4.95. The van der Waals surface area contributed by atoms with Crippen LogP contribution in [0.4, 0.5) is 0 Å². The third-order valence-corrected chi connectivity index (χ3v) is 11.7. The molecule has 5 aliphatic carbocycles. The highest BCUT2D eigenvalue weighted by Crippen LogP contribution is 2.79. The number of aliphatic hydroxyl groups is 5. The van der Waals surface area contributed by atoms with Gasteiger partial charge in [-0.2, -0.15) is 0 Å². The monoisotopic (exact) mass is 499 g/mol. The van der Waals surface area contributed by atoms with Crippen LogP contribution in [0.1, 0.15) is 19.8 Å². The van der Waals surface area contributed by atoms with Crippen molar-refractivity contribution in [1.82, 2.24) is 4.90 Å². The second-order valence-corrected chi connectivity index (χ2v) is 12.1. The van der Waals surface area contributed by atoms with Gasteiger partial charge in [-0.15, -0.1) is 0 Å². The van der Waals surface area contributed by atoms with Gasteiger partial charge in [0.2, 0.25) is 0 Å².